The third-order valence-corrected chi connectivity index (χ3v) is 5.04. The van der Waals surface area contributed by atoms with Crippen LogP contribution in [0.15, 0.2) is 48.5 Å². The van der Waals surface area contributed by atoms with Gasteiger partial charge in [-0.05, 0) is 47.7 Å². The van der Waals surface area contributed by atoms with Crippen LogP contribution in [0.3, 0.4) is 0 Å². The minimum atomic E-state index is -0.195. The number of anilines is 1. The lowest BCUT2D eigenvalue weighted by Gasteiger charge is -2.18. The highest BCUT2D eigenvalue weighted by molar-refractivity contribution is 7.22. The maximum atomic E-state index is 12.2. The van der Waals surface area contributed by atoms with E-state index in [4.69, 9.17) is 4.74 Å². The van der Waals surface area contributed by atoms with Gasteiger partial charge in [0, 0.05) is 6.08 Å². The first-order valence-electron chi connectivity index (χ1n) is 8.98. The third-order valence-electron chi connectivity index (χ3n) is 4.10. The molecule has 0 aliphatic carbocycles. The number of nitrogens with zero attached hydrogens (tertiary/aromatic N) is 1. The minimum absolute atomic E-state index is 0.120. The van der Waals surface area contributed by atoms with Crippen molar-refractivity contribution < 1.29 is 9.53 Å². The Bertz CT molecular complexity index is 966. The number of rotatable bonds is 5. The Balaban J connectivity index is 1.66. The number of nitrogens with one attached hydrogen (secondary N) is 1. The topological polar surface area (TPSA) is 51.2 Å². The van der Waals surface area contributed by atoms with Gasteiger partial charge in [-0.3, -0.25) is 10.1 Å². The van der Waals surface area contributed by atoms with Gasteiger partial charge in [0.2, 0.25) is 5.91 Å². The molecule has 0 spiro atoms. The average molecular weight is 381 g/mol. The Morgan fingerprint density at radius 2 is 1.93 bits per heavy atom. The van der Waals surface area contributed by atoms with Gasteiger partial charge in [0.15, 0.2) is 5.13 Å². The number of aromatic nitrogens is 1. The van der Waals surface area contributed by atoms with E-state index in [-0.39, 0.29) is 11.3 Å². The molecule has 27 heavy (non-hydrogen) atoms. The number of thiazole rings is 1. The normalized spacial score (nSPS) is 11.9. The number of benzene rings is 2. The highest BCUT2D eigenvalue weighted by Gasteiger charge is 2.12. The van der Waals surface area contributed by atoms with Crippen LogP contribution in [-0.2, 0) is 10.2 Å². The molecule has 0 atom stereocenters. The molecule has 0 aliphatic rings. The minimum Gasteiger partial charge on any atom is -0.494 e. The Morgan fingerprint density at radius 1 is 1.19 bits per heavy atom. The SMILES string of the molecule is CCOc1ccc2nc(NC(=O)C=Cc3ccc(C(C)(C)C)cc3)sc2c1. The molecule has 0 aliphatic heterocycles. The van der Waals surface area contributed by atoms with Gasteiger partial charge in [-0.1, -0.05) is 56.4 Å². The standard InChI is InChI=1S/C22H24N2O2S/c1-5-26-17-11-12-18-19(14-17)27-21(23-18)24-20(25)13-8-15-6-9-16(10-7-15)22(2,3)4/h6-14H,5H2,1-4H3,(H,23,24,25). The van der Waals surface area contributed by atoms with Crippen LogP contribution >= 0.6 is 11.3 Å². The van der Waals surface area contributed by atoms with E-state index in [1.54, 1.807) is 0 Å². The van der Waals surface area contributed by atoms with Crippen LogP contribution in [0.1, 0.15) is 38.8 Å². The van der Waals surface area contributed by atoms with E-state index in [0.29, 0.717) is 11.7 Å². The van der Waals surface area contributed by atoms with E-state index in [9.17, 15) is 4.79 Å². The summed E-state index contributed by atoms with van der Waals surface area (Å²) >= 11 is 1.44. The first kappa shape index (κ1) is 19.1. The van der Waals surface area contributed by atoms with Gasteiger partial charge < -0.3 is 4.74 Å². The van der Waals surface area contributed by atoms with Gasteiger partial charge in [0.05, 0.1) is 16.8 Å². The second kappa shape index (κ2) is 7.92. The van der Waals surface area contributed by atoms with Crippen molar-refractivity contribution >= 4 is 38.7 Å². The van der Waals surface area contributed by atoms with Crippen molar-refractivity contribution in [1.29, 1.82) is 0 Å². The predicted octanol–water partition coefficient (Wildman–Crippen LogP) is 5.64. The zero-order valence-corrected chi connectivity index (χ0v) is 16.9. The molecule has 3 rings (SSSR count). The smallest absolute Gasteiger partial charge is 0.250 e. The monoisotopic (exact) mass is 380 g/mol. The number of carbonyl (C=O) groups is 1. The molecular weight excluding hydrogens is 356 g/mol. The van der Waals surface area contributed by atoms with Crippen molar-refractivity contribution in [3.8, 4) is 5.75 Å². The van der Waals surface area contributed by atoms with Crippen molar-refractivity contribution in [3.63, 3.8) is 0 Å². The molecule has 0 unspecified atom stereocenters. The number of ether oxygens (including phenoxy) is 1. The Kier molecular flexibility index (Phi) is 5.61. The summed E-state index contributed by atoms with van der Waals surface area (Å²) in [5.74, 6) is 0.615. The van der Waals surface area contributed by atoms with Crippen molar-refractivity contribution in [1.82, 2.24) is 4.98 Å². The van der Waals surface area contributed by atoms with Crippen molar-refractivity contribution in [2.75, 3.05) is 11.9 Å². The predicted molar refractivity (Wildman–Crippen MR) is 114 cm³/mol. The molecule has 0 radical (unpaired) electrons. The van der Waals surface area contributed by atoms with Crippen LogP contribution < -0.4 is 10.1 Å². The quantitative estimate of drug-likeness (QED) is 0.582. The molecule has 1 amide bonds. The summed E-state index contributed by atoms with van der Waals surface area (Å²) in [5.41, 5.74) is 3.23. The van der Waals surface area contributed by atoms with E-state index < -0.39 is 0 Å². The summed E-state index contributed by atoms with van der Waals surface area (Å²) in [5, 5.41) is 3.41. The van der Waals surface area contributed by atoms with Gasteiger partial charge in [-0.25, -0.2) is 4.98 Å². The largest absolute Gasteiger partial charge is 0.494 e. The Morgan fingerprint density at radius 3 is 2.59 bits per heavy atom. The lowest BCUT2D eigenvalue weighted by Crippen LogP contribution is -2.10. The Hall–Kier alpha value is -2.66. The summed E-state index contributed by atoms with van der Waals surface area (Å²) in [4.78, 5) is 16.6. The van der Waals surface area contributed by atoms with Gasteiger partial charge in [0.1, 0.15) is 5.75 Å². The van der Waals surface area contributed by atoms with Gasteiger partial charge in [0.25, 0.3) is 0 Å². The maximum absolute atomic E-state index is 12.2. The molecule has 5 heteroatoms. The molecule has 1 aromatic heterocycles. The van der Waals surface area contributed by atoms with Crippen LogP contribution in [0, 0.1) is 0 Å². The zero-order valence-electron chi connectivity index (χ0n) is 16.1. The summed E-state index contributed by atoms with van der Waals surface area (Å²) in [6, 6.07) is 14.0. The summed E-state index contributed by atoms with van der Waals surface area (Å²) in [6.07, 6.45) is 3.34. The second-order valence-corrected chi connectivity index (χ2v) is 8.31. The number of fused-ring (bicyclic) bond motifs is 1. The number of hydrogen-bond acceptors (Lipinski definition) is 4. The van der Waals surface area contributed by atoms with E-state index in [2.05, 4.69) is 43.2 Å². The third kappa shape index (κ3) is 4.95. The Labute approximate surface area is 163 Å². The van der Waals surface area contributed by atoms with Gasteiger partial charge >= 0.3 is 0 Å². The fourth-order valence-corrected chi connectivity index (χ4v) is 3.53. The molecule has 0 saturated carbocycles. The van der Waals surface area contributed by atoms with Crippen molar-refractivity contribution in [3.05, 3.63) is 59.7 Å². The molecule has 0 fully saturated rings. The summed E-state index contributed by atoms with van der Waals surface area (Å²) < 4.78 is 6.49. The van der Waals surface area contributed by atoms with Crippen LogP contribution in [0.4, 0.5) is 5.13 Å². The molecule has 140 valence electrons. The number of hydrogen-bond donors (Lipinski definition) is 1. The van der Waals surface area contributed by atoms with Crippen LogP contribution in [-0.4, -0.2) is 17.5 Å². The van der Waals surface area contributed by atoms with Crippen LogP contribution in [0.5, 0.6) is 5.75 Å². The lowest BCUT2D eigenvalue weighted by atomic mass is 9.87. The fraction of sp³-hybridized carbons (Fsp3) is 0.273. The number of carbonyl (C=O) groups excluding carboxylic acids is 1. The summed E-state index contributed by atoms with van der Waals surface area (Å²) in [6.45, 7) is 9.11. The molecule has 4 nitrogen and oxygen atoms in total. The maximum Gasteiger partial charge on any atom is 0.250 e. The molecular formula is C22H24N2O2S. The van der Waals surface area contributed by atoms with Crippen molar-refractivity contribution in [2.24, 2.45) is 0 Å². The fourth-order valence-electron chi connectivity index (χ4n) is 2.63. The first-order chi connectivity index (χ1) is 12.8. The van der Waals surface area contributed by atoms with Crippen LogP contribution in [0.25, 0.3) is 16.3 Å². The molecule has 0 bridgehead atoms. The zero-order chi connectivity index (χ0) is 19.4. The second-order valence-electron chi connectivity index (χ2n) is 7.28. The molecule has 0 saturated heterocycles. The average Bonchev–Trinajstić information content (AvgIpc) is 3.01. The molecule has 2 aromatic carbocycles. The number of amides is 1. The highest BCUT2D eigenvalue weighted by Crippen LogP contribution is 2.29. The van der Waals surface area contributed by atoms with Crippen molar-refractivity contribution in [2.45, 2.75) is 33.1 Å². The van der Waals surface area contributed by atoms with Gasteiger partial charge in [-0.2, -0.15) is 0 Å². The summed E-state index contributed by atoms with van der Waals surface area (Å²) in [7, 11) is 0. The highest BCUT2D eigenvalue weighted by atomic mass is 32.1. The van der Waals surface area contributed by atoms with E-state index in [1.165, 1.54) is 23.0 Å². The molecule has 1 heterocycles. The van der Waals surface area contributed by atoms with E-state index >= 15 is 0 Å². The molecule has 3 aromatic rings. The van der Waals surface area contributed by atoms with E-state index in [0.717, 1.165) is 21.5 Å². The van der Waals surface area contributed by atoms with Crippen LogP contribution in [0.2, 0.25) is 0 Å². The molecule has 1 N–H and O–H groups in total. The first-order valence-corrected chi connectivity index (χ1v) is 9.80. The lowest BCUT2D eigenvalue weighted by molar-refractivity contribution is -0.111. The van der Waals surface area contributed by atoms with Gasteiger partial charge in [-0.15, -0.1) is 0 Å². The van der Waals surface area contributed by atoms with E-state index in [1.807, 2.05) is 43.3 Å².